The van der Waals surface area contributed by atoms with Gasteiger partial charge in [-0.3, -0.25) is 14.5 Å². The SMILES string of the molecule is CC(C)[C@H](N=C1NS(=O)(=O)c2ccccc21)C(=O)NCc1ccc(F)cc1C(F)(F)F. The molecule has 0 aromatic heterocycles. The molecule has 0 unspecified atom stereocenters. The quantitative estimate of drug-likeness (QED) is 0.676. The van der Waals surface area contributed by atoms with Gasteiger partial charge in [0.1, 0.15) is 17.7 Å². The summed E-state index contributed by atoms with van der Waals surface area (Å²) in [5, 5.41) is 2.39. The fourth-order valence-electron chi connectivity index (χ4n) is 3.13. The summed E-state index contributed by atoms with van der Waals surface area (Å²) in [5.74, 6) is -2.13. The molecule has 6 nitrogen and oxygen atoms in total. The molecule has 0 aliphatic carbocycles. The minimum atomic E-state index is -4.79. The van der Waals surface area contributed by atoms with Gasteiger partial charge in [-0.2, -0.15) is 13.2 Å². The lowest BCUT2D eigenvalue weighted by Crippen LogP contribution is -2.38. The van der Waals surface area contributed by atoms with E-state index in [-0.39, 0.29) is 22.2 Å². The molecule has 2 N–H and O–H groups in total. The Bertz CT molecular complexity index is 1140. The number of benzene rings is 2. The predicted molar refractivity (Wildman–Crippen MR) is 105 cm³/mol. The largest absolute Gasteiger partial charge is 0.416 e. The van der Waals surface area contributed by atoms with Crippen molar-refractivity contribution in [3.63, 3.8) is 0 Å². The van der Waals surface area contributed by atoms with Crippen molar-refractivity contribution in [3.8, 4) is 0 Å². The molecule has 166 valence electrons. The van der Waals surface area contributed by atoms with Crippen LogP contribution in [0.15, 0.2) is 52.4 Å². The maximum absolute atomic E-state index is 13.3. The van der Waals surface area contributed by atoms with Crippen LogP contribution in [0.2, 0.25) is 0 Å². The van der Waals surface area contributed by atoms with E-state index in [9.17, 15) is 30.8 Å². The number of rotatable bonds is 5. The molecular weight excluding hydrogens is 438 g/mol. The molecule has 1 amide bonds. The van der Waals surface area contributed by atoms with Gasteiger partial charge in [0.05, 0.1) is 10.5 Å². The Kier molecular flexibility index (Phi) is 6.08. The molecule has 31 heavy (non-hydrogen) atoms. The van der Waals surface area contributed by atoms with Crippen molar-refractivity contribution in [2.75, 3.05) is 0 Å². The number of nitrogens with one attached hydrogen (secondary N) is 2. The van der Waals surface area contributed by atoms with Gasteiger partial charge in [-0.25, -0.2) is 12.8 Å². The van der Waals surface area contributed by atoms with Crippen LogP contribution in [0.1, 0.15) is 30.5 Å². The van der Waals surface area contributed by atoms with E-state index in [2.05, 4.69) is 15.0 Å². The molecule has 0 saturated carbocycles. The molecule has 1 heterocycles. The maximum Gasteiger partial charge on any atom is 0.416 e. The first kappa shape index (κ1) is 22.7. The van der Waals surface area contributed by atoms with Gasteiger partial charge in [0.15, 0.2) is 0 Å². The van der Waals surface area contributed by atoms with E-state index < -0.39 is 46.1 Å². The lowest BCUT2D eigenvalue weighted by Gasteiger charge is -2.19. The van der Waals surface area contributed by atoms with Crippen LogP contribution < -0.4 is 10.0 Å². The molecule has 2 aromatic carbocycles. The van der Waals surface area contributed by atoms with Gasteiger partial charge in [0, 0.05) is 12.1 Å². The van der Waals surface area contributed by atoms with Crippen LogP contribution in [0.5, 0.6) is 0 Å². The smallest absolute Gasteiger partial charge is 0.350 e. The van der Waals surface area contributed by atoms with Gasteiger partial charge in [0.2, 0.25) is 5.91 Å². The number of amides is 1. The third-order valence-corrected chi connectivity index (χ3v) is 6.06. The number of nitrogens with zero attached hydrogens (tertiary/aromatic N) is 1. The molecule has 1 atom stereocenters. The van der Waals surface area contributed by atoms with Gasteiger partial charge in [0.25, 0.3) is 10.0 Å². The van der Waals surface area contributed by atoms with E-state index in [1.54, 1.807) is 26.0 Å². The molecule has 1 aliphatic heterocycles. The predicted octanol–water partition coefficient (Wildman–Crippen LogP) is 3.22. The van der Waals surface area contributed by atoms with Crippen molar-refractivity contribution < 1.29 is 30.8 Å². The molecule has 0 radical (unpaired) electrons. The van der Waals surface area contributed by atoms with Crippen LogP contribution in [-0.2, 0) is 27.5 Å². The minimum absolute atomic E-state index is 0.0118. The van der Waals surface area contributed by atoms with Gasteiger partial charge < -0.3 is 5.32 Å². The zero-order chi connectivity index (χ0) is 23.0. The second-order valence-electron chi connectivity index (χ2n) is 7.29. The number of sulfonamides is 1. The highest BCUT2D eigenvalue weighted by atomic mass is 32.2. The highest BCUT2D eigenvalue weighted by molar-refractivity contribution is 7.90. The number of halogens is 4. The van der Waals surface area contributed by atoms with Crippen molar-refractivity contribution in [1.29, 1.82) is 0 Å². The molecule has 3 rings (SSSR count). The Hall–Kier alpha value is -2.95. The molecule has 0 bridgehead atoms. The van der Waals surface area contributed by atoms with Crippen molar-refractivity contribution in [2.45, 2.75) is 37.5 Å². The van der Waals surface area contributed by atoms with E-state index in [1.165, 1.54) is 12.1 Å². The Morgan fingerprint density at radius 3 is 2.48 bits per heavy atom. The standard InChI is InChI=1S/C20H19F4N3O3S/c1-11(2)17(26-18-14-5-3-4-6-16(14)31(29,30)27-18)19(28)25-10-12-7-8-13(21)9-15(12)20(22,23)24/h3-9,11,17H,10H2,1-2H3,(H,25,28)(H,26,27)/t17-/m0/s1. The van der Waals surface area contributed by atoms with Crippen molar-refractivity contribution in [2.24, 2.45) is 10.9 Å². The van der Waals surface area contributed by atoms with Crippen molar-refractivity contribution in [1.82, 2.24) is 10.0 Å². The average molecular weight is 457 g/mol. The minimum Gasteiger partial charge on any atom is -0.350 e. The number of fused-ring (bicyclic) bond motifs is 1. The van der Waals surface area contributed by atoms with Crippen LogP contribution in [0.4, 0.5) is 17.6 Å². The van der Waals surface area contributed by atoms with E-state index >= 15 is 0 Å². The van der Waals surface area contributed by atoms with E-state index in [4.69, 9.17) is 0 Å². The Morgan fingerprint density at radius 1 is 1.16 bits per heavy atom. The van der Waals surface area contributed by atoms with Gasteiger partial charge in [-0.15, -0.1) is 0 Å². The number of hydrogen-bond acceptors (Lipinski definition) is 4. The average Bonchev–Trinajstić information content (AvgIpc) is 2.94. The number of aliphatic imine (C=N–C) groups is 1. The Labute approximate surface area is 176 Å². The van der Waals surface area contributed by atoms with Gasteiger partial charge in [-0.05, 0) is 35.7 Å². The number of amidine groups is 1. The summed E-state index contributed by atoms with van der Waals surface area (Å²) in [6.07, 6.45) is -4.79. The first-order valence-corrected chi connectivity index (χ1v) is 10.7. The highest BCUT2D eigenvalue weighted by Crippen LogP contribution is 2.32. The highest BCUT2D eigenvalue weighted by Gasteiger charge is 2.35. The van der Waals surface area contributed by atoms with Crippen LogP contribution in [0.25, 0.3) is 0 Å². The van der Waals surface area contributed by atoms with Gasteiger partial charge >= 0.3 is 6.18 Å². The summed E-state index contributed by atoms with van der Waals surface area (Å²) >= 11 is 0. The lowest BCUT2D eigenvalue weighted by molar-refractivity contribution is -0.138. The summed E-state index contributed by atoms with van der Waals surface area (Å²) in [6.45, 7) is 2.84. The molecule has 0 fully saturated rings. The molecule has 2 aromatic rings. The topological polar surface area (TPSA) is 87.6 Å². The van der Waals surface area contributed by atoms with E-state index in [1.807, 2.05) is 0 Å². The van der Waals surface area contributed by atoms with Crippen LogP contribution >= 0.6 is 0 Å². The van der Waals surface area contributed by atoms with Crippen LogP contribution in [0.3, 0.4) is 0 Å². The first-order chi connectivity index (χ1) is 14.4. The summed E-state index contributed by atoms with van der Waals surface area (Å²) in [4.78, 5) is 17.0. The lowest BCUT2D eigenvalue weighted by atomic mass is 10.0. The van der Waals surface area contributed by atoms with Gasteiger partial charge in [-0.1, -0.05) is 32.0 Å². The summed E-state index contributed by atoms with van der Waals surface area (Å²) < 4.78 is 79.5. The van der Waals surface area contributed by atoms with E-state index in [0.717, 1.165) is 12.1 Å². The van der Waals surface area contributed by atoms with Crippen molar-refractivity contribution >= 4 is 21.8 Å². The van der Waals surface area contributed by atoms with E-state index in [0.29, 0.717) is 11.6 Å². The fraction of sp³-hybridized carbons (Fsp3) is 0.300. The van der Waals surface area contributed by atoms with Crippen LogP contribution in [0, 0.1) is 11.7 Å². The summed E-state index contributed by atoms with van der Waals surface area (Å²) in [7, 11) is -3.81. The second-order valence-corrected chi connectivity index (χ2v) is 8.94. The van der Waals surface area contributed by atoms with Crippen LogP contribution in [-0.4, -0.2) is 26.2 Å². The zero-order valence-electron chi connectivity index (χ0n) is 16.5. The molecule has 0 spiro atoms. The first-order valence-electron chi connectivity index (χ1n) is 9.23. The van der Waals surface area contributed by atoms with Crippen molar-refractivity contribution in [3.05, 3.63) is 65.0 Å². The number of hydrogen-bond donors (Lipinski definition) is 2. The number of carbonyl (C=O) groups excluding carboxylic acids is 1. The Balaban J connectivity index is 1.85. The maximum atomic E-state index is 13.3. The molecular formula is C20H19F4N3O3S. The zero-order valence-corrected chi connectivity index (χ0v) is 17.3. The number of alkyl halides is 3. The second kappa shape index (κ2) is 8.29. The third-order valence-electron chi connectivity index (χ3n) is 4.66. The fourth-order valence-corrected chi connectivity index (χ4v) is 4.37. The Morgan fingerprint density at radius 2 is 1.84 bits per heavy atom. The molecule has 1 aliphatic rings. The molecule has 0 saturated heterocycles. The number of carbonyl (C=O) groups is 1. The summed E-state index contributed by atoms with van der Waals surface area (Å²) in [5.41, 5.74) is -1.18. The normalized spacial score (nSPS) is 17.3. The summed E-state index contributed by atoms with van der Waals surface area (Å²) in [6, 6.07) is 7.23. The monoisotopic (exact) mass is 457 g/mol. The molecule has 11 heteroatoms. The third kappa shape index (κ3) is 4.87.